The number of rotatable bonds is 6. The zero-order valence-corrected chi connectivity index (χ0v) is 13.1. The van der Waals surface area contributed by atoms with E-state index in [0.29, 0.717) is 0 Å². The van der Waals surface area contributed by atoms with Crippen LogP contribution in [0.5, 0.6) is 5.75 Å². The smallest absolute Gasteiger partial charge is 0.123 e. The summed E-state index contributed by atoms with van der Waals surface area (Å²) in [5, 5.41) is 0. The molecule has 19 heavy (non-hydrogen) atoms. The van der Waals surface area contributed by atoms with Crippen LogP contribution >= 0.6 is 0 Å². The fourth-order valence-corrected chi connectivity index (χ4v) is 2.10. The molecule has 0 heterocycles. The van der Waals surface area contributed by atoms with Crippen molar-refractivity contribution >= 4 is 0 Å². The van der Waals surface area contributed by atoms with E-state index in [1.54, 1.807) is 0 Å². The highest BCUT2D eigenvalue weighted by molar-refractivity contribution is 5.41. The second kappa shape index (κ2) is 6.95. The summed E-state index contributed by atoms with van der Waals surface area (Å²) in [5.74, 6) is 1.02. The molecule has 0 fully saturated rings. The van der Waals surface area contributed by atoms with Gasteiger partial charge in [-0.1, -0.05) is 39.8 Å². The zero-order chi connectivity index (χ0) is 14.5. The van der Waals surface area contributed by atoms with Crippen LogP contribution in [0.4, 0.5) is 0 Å². The fraction of sp³-hybridized carbons (Fsp3) is 0.647. The van der Waals surface area contributed by atoms with Gasteiger partial charge in [0.15, 0.2) is 0 Å². The molecule has 0 saturated carbocycles. The molecule has 0 aliphatic rings. The first-order valence-electron chi connectivity index (χ1n) is 7.36. The zero-order valence-electron chi connectivity index (χ0n) is 13.1. The third-order valence-corrected chi connectivity index (χ3v) is 3.32. The lowest BCUT2D eigenvalue weighted by Gasteiger charge is -2.24. The number of hydrogen-bond donors (Lipinski definition) is 1. The molecule has 0 bridgehead atoms. The lowest BCUT2D eigenvalue weighted by atomic mass is 9.85. The van der Waals surface area contributed by atoms with Gasteiger partial charge in [0.05, 0.1) is 6.61 Å². The fourth-order valence-electron chi connectivity index (χ4n) is 2.10. The molecule has 0 saturated heterocycles. The van der Waals surface area contributed by atoms with E-state index in [2.05, 4.69) is 45.9 Å². The van der Waals surface area contributed by atoms with Crippen LogP contribution in [0.3, 0.4) is 0 Å². The molecule has 0 amide bonds. The minimum absolute atomic E-state index is 0.113. The molecule has 1 unspecified atom stereocenters. The van der Waals surface area contributed by atoms with E-state index >= 15 is 0 Å². The first-order valence-corrected chi connectivity index (χ1v) is 7.36. The van der Waals surface area contributed by atoms with Crippen molar-refractivity contribution in [1.29, 1.82) is 0 Å². The van der Waals surface area contributed by atoms with Gasteiger partial charge in [-0.2, -0.15) is 0 Å². The molecular weight excluding hydrogens is 234 g/mol. The predicted octanol–water partition coefficient (Wildman–Crippen LogP) is 4.05. The highest BCUT2D eigenvalue weighted by atomic mass is 16.5. The van der Waals surface area contributed by atoms with E-state index in [4.69, 9.17) is 10.5 Å². The van der Waals surface area contributed by atoms with E-state index in [1.165, 1.54) is 11.1 Å². The topological polar surface area (TPSA) is 35.2 Å². The summed E-state index contributed by atoms with van der Waals surface area (Å²) in [7, 11) is 0. The second-order valence-electron chi connectivity index (χ2n) is 6.40. The van der Waals surface area contributed by atoms with Gasteiger partial charge in [-0.3, -0.25) is 0 Å². The Hall–Kier alpha value is -1.02. The quantitative estimate of drug-likeness (QED) is 0.786. The van der Waals surface area contributed by atoms with Crippen LogP contribution in [0.2, 0.25) is 0 Å². The van der Waals surface area contributed by atoms with E-state index < -0.39 is 0 Å². The maximum atomic E-state index is 5.96. The molecule has 0 radical (unpaired) electrons. The van der Waals surface area contributed by atoms with Crippen LogP contribution in [0.1, 0.15) is 58.6 Å². The average molecular weight is 263 g/mol. The highest BCUT2D eigenvalue weighted by Gasteiger charge is 2.19. The highest BCUT2D eigenvalue weighted by Crippen LogP contribution is 2.32. The normalized spacial score (nSPS) is 13.4. The molecule has 1 aromatic carbocycles. The van der Waals surface area contributed by atoms with Gasteiger partial charge in [0.25, 0.3) is 0 Å². The SMILES string of the molecule is CCc1ccc(OCCCC(C)N)c(C(C)(C)C)c1. The summed E-state index contributed by atoms with van der Waals surface area (Å²) in [6.45, 7) is 11.7. The van der Waals surface area contributed by atoms with Crippen molar-refractivity contribution in [3.63, 3.8) is 0 Å². The number of benzene rings is 1. The largest absolute Gasteiger partial charge is 0.493 e. The summed E-state index contributed by atoms with van der Waals surface area (Å²) < 4.78 is 5.96. The lowest BCUT2D eigenvalue weighted by Crippen LogP contribution is -2.17. The number of aryl methyl sites for hydroxylation is 1. The van der Waals surface area contributed by atoms with E-state index in [-0.39, 0.29) is 11.5 Å². The van der Waals surface area contributed by atoms with Crippen molar-refractivity contribution in [3.05, 3.63) is 29.3 Å². The summed E-state index contributed by atoms with van der Waals surface area (Å²) >= 11 is 0. The average Bonchev–Trinajstić information content (AvgIpc) is 2.33. The van der Waals surface area contributed by atoms with Crippen molar-refractivity contribution in [3.8, 4) is 5.75 Å². The maximum Gasteiger partial charge on any atom is 0.123 e. The lowest BCUT2D eigenvalue weighted by molar-refractivity contribution is 0.295. The van der Waals surface area contributed by atoms with Crippen molar-refractivity contribution < 1.29 is 4.74 Å². The van der Waals surface area contributed by atoms with Crippen LogP contribution in [-0.2, 0) is 11.8 Å². The Morgan fingerprint density at radius 1 is 1.26 bits per heavy atom. The van der Waals surface area contributed by atoms with Crippen LogP contribution in [0.15, 0.2) is 18.2 Å². The molecule has 0 spiro atoms. The van der Waals surface area contributed by atoms with Gasteiger partial charge in [0, 0.05) is 6.04 Å². The van der Waals surface area contributed by atoms with E-state index in [1.807, 2.05) is 6.92 Å². The molecule has 2 nitrogen and oxygen atoms in total. The monoisotopic (exact) mass is 263 g/mol. The van der Waals surface area contributed by atoms with Crippen molar-refractivity contribution in [2.24, 2.45) is 5.73 Å². The Labute approximate surface area is 118 Å². The maximum absolute atomic E-state index is 5.96. The standard InChI is InChI=1S/C17H29NO/c1-6-14-9-10-16(15(12-14)17(3,4)5)19-11-7-8-13(2)18/h9-10,12-13H,6-8,11,18H2,1-5H3. The van der Waals surface area contributed by atoms with Gasteiger partial charge in [-0.25, -0.2) is 0 Å². The van der Waals surface area contributed by atoms with Crippen molar-refractivity contribution in [2.45, 2.75) is 65.3 Å². The molecule has 1 rings (SSSR count). The second-order valence-corrected chi connectivity index (χ2v) is 6.40. The Morgan fingerprint density at radius 2 is 1.95 bits per heavy atom. The molecule has 1 atom stereocenters. The summed E-state index contributed by atoms with van der Waals surface area (Å²) in [6.07, 6.45) is 3.09. The van der Waals surface area contributed by atoms with E-state index in [0.717, 1.165) is 31.6 Å². The van der Waals surface area contributed by atoms with E-state index in [9.17, 15) is 0 Å². The van der Waals surface area contributed by atoms with Crippen LogP contribution in [0, 0.1) is 0 Å². The van der Waals surface area contributed by atoms with Gasteiger partial charge >= 0.3 is 0 Å². The van der Waals surface area contributed by atoms with Crippen LogP contribution < -0.4 is 10.5 Å². The molecule has 0 aliphatic carbocycles. The first-order chi connectivity index (χ1) is 8.84. The van der Waals surface area contributed by atoms with Gasteiger partial charge in [-0.15, -0.1) is 0 Å². The number of nitrogens with two attached hydrogens (primary N) is 1. The van der Waals surface area contributed by atoms with Crippen molar-refractivity contribution in [2.75, 3.05) is 6.61 Å². The Kier molecular flexibility index (Phi) is 5.86. The Balaban J connectivity index is 2.76. The molecule has 2 heteroatoms. The third kappa shape index (κ3) is 5.23. The third-order valence-electron chi connectivity index (χ3n) is 3.32. The van der Waals surface area contributed by atoms with Gasteiger partial charge in [-0.05, 0) is 48.8 Å². The molecule has 0 aromatic heterocycles. The van der Waals surface area contributed by atoms with Gasteiger partial charge in [0.2, 0.25) is 0 Å². The van der Waals surface area contributed by atoms with Crippen LogP contribution in [-0.4, -0.2) is 12.6 Å². The molecular formula is C17H29NO. The van der Waals surface area contributed by atoms with Crippen LogP contribution in [0.25, 0.3) is 0 Å². The first kappa shape index (κ1) is 16.0. The minimum atomic E-state index is 0.113. The molecule has 1 aromatic rings. The minimum Gasteiger partial charge on any atom is -0.493 e. The molecule has 108 valence electrons. The molecule has 2 N–H and O–H groups in total. The molecule has 0 aliphatic heterocycles. The Morgan fingerprint density at radius 3 is 2.47 bits per heavy atom. The Bertz CT molecular complexity index is 391. The van der Waals surface area contributed by atoms with Crippen molar-refractivity contribution in [1.82, 2.24) is 0 Å². The summed E-state index contributed by atoms with van der Waals surface area (Å²) in [5.41, 5.74) is 8.53. The predicted molar refractivity (Wildman–Crippen MR) is 82.9 cm³/mol. The summed E-state index contributed by atoms with van der Waals surface area (Å²) in [4.78, 5) is 0. The number of ether oxygens (including phenoxy) is 1. The van der Waals surface area contributed by atoms with Gasteiger partial charge in [0.1, 0.15) is 5.75 Å². The summed E-state index contributed by atoms with van der Waals surface area (Å²) in [6, 6.07) is 6.82. The number of hydrogen-bond acceptors (Lipinski definition) is 2. The van der Waals surface area contributed by atoms with Gasteiger partial charge < -0.3 is 10.5 Å².